The zero-order valence-corrected chi connectivity index (χ0v) is 12.9. The number of carboxylic acid groups (broad SMARTS) is 1. The minimum absolute atomic E-state index is 0.0492. The molecule has 0 aromatic rings. The van der Waals surface area contributed by atoms with Crippen molar-refractivity contribution in [3.8, 4) is 0 Å². The predicted molar refractivity (Wildman–Crippen MR) is 77.1 cm³/mol. The number of aliphatic carboxylic acids is 1. The SMILES string of the molecule is CC(C)CC(=O)N[C@@H]1[C@@H](O)C=C(C(=O)O)O[C@H]1C(O)C(O)CO. The highest BCUT2D eigenvalue weighted by Crippen LogP contribution is 2.23. The van der Waals surface area contributed by atoms with Crippen LogP contribution >= 0.6 is 0 Å². The Morgan fingerprint density at radius 2 is 1.96 bits per heavy atom. The van der Waals surface area contributed by atoms with Gasteiger partial charge < -0.3 is 35.6 Å². The van der Waals surface area contributed by atoms with Crippen LogP contribution in [0.25, 0.3) is 0 Å². The highest BCUT2D eigenvalue weighted by Gasteiger charge is 2.43. The van der Waals surface area contributed by atoms with Gasteiger partial charge in [-0.3, -0.25) is 4.79 Å². The van der Waals surface area contributed by atoms with Crippen LogP contribution in [0.1, 0.15) is 20.3 Å². The molecule has 0 radical (unpaired) electrons. The van der Waals surface area contributed by atoms with E-state index in [4.69, 9.17) is 14.9 Å². The maximum atomic E-state index is 11.9. The van der Waals surface area contributed by atoms with E-state index in [1.54, 1.807) is 0 Å². The molecular weight excluding hydrogens is 310 g/mol. The number of hydrogen-bond acceptors (Lipinski definition) is 7. The van der Waals surface area contributed by atoms with Crippen LogP contribution in [0, 0.1) is 5.92 Å². The molecule has 0 aromatic heterocycles. The summed E-state index contributed by atoms with van der Waals surface area (Å²) in [6, 6.07) is -1.17. The van der Waals surface area contributed by atoms with E-state index >= 15 is 0 Å². The van der Waals surface area contributed by atoms with Crippen molar-refractivity contribution in [2.24, 2.45) is 5.92 Å². The van der Waals surface area contributed by atoms with E-state index in [2.05, 4.69) is 5.32 Å². The lowest BCUT2D eigenvalue weighted by atomic mass is 9.93. The topological polar surface area (TPSA) is 157 Å². The number of rotatable bonds is 7. The molecule has 9 heteroatoms. The standard InChI is InChI=1S/C14H23NO8/c1-6(2)3-10(19)15-11-7(17)4-9(14(21)22)23-13(11)12(20)8(18)5-16/h4,6-8,11-13,16-18,20H,3,5H2,1-2H3,(H,15,19)(H,21,22)/t7-,8?,11+,12?,13+/m0/s1. The number of nitrogens with one attached hydrogen (secondary N) is 1. The van der Waals surface area contributed by atoms with Crippen molar-refractivity contribution in [2.45, 2.75) is 50.7 Å². The molecule has 1 heterocycles. The van der Waals surface area contributed by atoms with Gasteiger partial charge in [-0.1, -0.05) is 13.8 Å². The van der Waals surface area contributed by atoms with E-state index in [1.165, 1.54) is 0 Å². The lowest BCUT2D eigenvalue weighted by Crippen LogP contribution is -2.60. The van der Waals surface area contributed by atoms with Gasteiger partial charge in [0.15, 0.2) is 6.10 Å². The zero-order valence-electron chi connectivity index (χ0n) is 12.9. The van der Waals surface area contributed by atoms with Gasteiger partial charge in [0.1, 0.15) is 18.3 Å². The molecule has 0 bridgehead atoms. The molecule has 132 valence electrons. The van der Waals surface area contributed by atoms with Gasteiger partial charge in [0.25, 0.3) is 0 Å². The van der Waals surface area contributed by atoms with E-state index in [9.17, 15) is 24.9 Å². The molecule has 0 spiro atoms. The summed E-state index contributed by atoms with van der Waals surface area (Å²) in [5.41, 5.74) is 0. The van der Waals surface area contributed by atoms with Crippen molar-refractivity contribution < 1.29 is 39.9 Å². The summed E-state index contributed by atoms with van der Waals surface area (Å²) in [7, 11) is 0. The molecule has 5 atom stereocenters. The second-order valence-corrected chi connectivity index (χ2v) is 5.84. The molecule has 0 aromatic carbocycles. The summed E-state index contributed by atoms with van der Waals surface area (Å²) < 4.78 is 5.09. The third-order valence-electron chi connectivity index (χ3n) is 3.36. The van der Waals surface area contributed by atoms with Crippen LogP contribution in [-0.4, -0.2) is 74.5 Å². The summed E-state index contributed by atoms with van der Waals surface area (Å²) >= 11 is 0. The Morgan fingerprint density at radius 3 is 2.43 bits per heavy atom. The Hall–Kier alpha value is -1.68. The van der Waals surface area contributed by atoms with Gasteiger partial charge in [-0.2, -0.15) is 0 Å². The molecule has 2 unspecified atom stereocenters. The van der Waals surface area contributed by atoms with Crippen molar-refractivity contribution in [1.82, 2.24) is 5.32 Å². The van der Waals surface area contributed by atoms with Crippen LogP contribution in [0.5, 0.6) is 0 Å². The van der Waals surface area contributed by atoms with Crippen molar-refractivity contribution in [1.29, 1.82) is 0 Å². The molecule has 1 amide bonds. The number of amides is 1. The Morgan fingerprint density at radius 1 is 1.35 bits per heavy atom. The Labute approximate surface area is 133 Å². The normalized spacial score (nSPS) is 26.9. The maximum absolute atomic E-state index is 11.9. The largest absolute Gasteiger partial charge is 0.478 e. The molecule has 9 nitrogen and oxygen atoms in total. The predicted octanol–water partition coefficient (Wildman–Crippen LogP) is -2.04. The first-order valence-corrected chi connectivity index (χ1v) is 7.23. The molecule has 0 fully saturated rings. The average Bonchev–Trinajstić information content (AvgIpc) is 2.46. The molecule has 1 aliphatic rings. The van der Waals surface area contributed by atoms with E-state index in [-0.39, 0.29) is 12.3 Å². The molecule has 0 saturated carbocycles. The second kappa shape index (κ2) is 8.25. The van der Waals surface area contributed by atoms with Gasteiger partial charge in [0.05, 0.1) is 12.6 Å². The fourth-order valence-corrected chi connectivity index (χ4v) is 2.23. The molecule has 23 heavy (non-hydrogen) atoms. The molecule has 1 rings (SSSR count). The summed E-state index contributed by atoms with van der Waals surface area (Å²) in [4.78, 5) is 22.9. The van der Waals surface area contributed by atoms with Gasteiger partial charge in [0.2, 0.25) is 11.7 Å². The van der Waals surface area contributed by atoms with Gasteiger partial charge >= 0.3 is 5.97 Å². The van der Waals surface area contributed by atoms with E-state index in [0.29, 0.717) is 0 Å². The highest BCUT2D eigenvalue weighted by atomic mass is 16.5. The minimum Gasteiger partial charge on any atom is -0.478 e. The first-order valence-electron chi connectivity index (χ1n) is 7.23. The lowest BCUT2D eigenvalue weighted by molar-refractivity contribution is -0.149. The summed E-state index contributed by atoms with van der Waals surface area (Å²) in [6.45, 7) is 2.84. The van der Waals surface area contributed by atoms with Crippen molar-refractivity contribution >= 4 is 11.9 Å². The monoisotopic (exact) mass is 333 g/mol. The highest BCUT2D eigenvalue weighted by molar-refractivity contribution is 5.84. The van der Waals surface area contributed by atoms with Crippen LogP contribution in [0.15, 0.2) is 11.8 Å². The summed E-state index contributed by atoms with van der Waals surface area (Å²) in [6.07, 6.45) is -5.14. The van der Waals surface area contributed by atoms with E-state index < -0.39 is 54.7 Å². The fraction of sp³-hybridized carbons (Fsp3) is 0.714. The number of aliphatic hydroxyl groups excluding tert-OH is 4. The maximum Gasteiger partial charge on any atom is 0.370 e. The van der Waals surface area contributed by atoms with Crippen LogP contribution in [0.4, 0.5) is 0 Å². The number of hydrogen-bond donors (Lipinski definition) is 6. The quantitative estimate of drug-likeness (QED) is 0.311. The molecule has 0 saturated heterocycles. The number of aliphatic hydroxyl groups is 4. The smallest absolute Gasteiger partial charge is 0.370 e. The summed E-state index contributed by atoms with van der Waals surface area (Å²) in [5.74, 6) is -2.45. The fourth-order valence-electron chi connectivity index (χ4n) is 2.23. The lowest BCUT2D eigenvalue weighted by Gasteiger charge is -2.38. The number of ether oxygens (including phenoxy) is 1. The van der Waals surface area contributed by atoms with E-state index in [0.717, 1.165) is 6.08 Å². The van der Waals surface area contributed by atoms with Crippen molar-refractivity contribution in [3.05, 3.63) is 11.8 Å². The average molecular weight is 333 g/mol. The first-order chi connectivity index (χ1) is 10.7. The van der Waals surface area contributed by atoms with Crippen LogP contribution in [0.3, 0.4) is 0 Å². The molecule has 1 aliphatic heterocycles. The van der Waals surface area contributed by atoms with Gasteiger partial charge in [-0.25, -0.2) is 4.79 Å². The summed E-state index contributed by atoms with van der Waals surface area (Å²) in [5, 5.41) is 49.9. The van der Waals surface area contributed by atoms with Gasteiger partial charge in [-0.05, 0) is 12.0 Å². The van der Waals surface area contributed by atoms with Gasteiger partial charge in [-0.15, -0.1) is 0 Å². The minimum atomic E-state index is -1.71. The van der Waals surface area contributed by atoms with Crippen LogP contribution in [0.2, 0.25) is 0 Å². The Kier molecular flexibility index (Phi) is 6.95. The molecule has 6 N–H and O–H groups in total. The zero-order chi connectivity index (χ0) is 17.7. The third-order valence-corrected chi connectivity index (χ3v) is 3.36. The van der Waals surface area contributed by atoms with Gasteiger partial charge in [0, 0.05) is 6.42 Å². The molecule has 0 aliphatic carbocycles. The van der Waals surface area contributed by atoms with Crippen molar-refractivity contribution in [3.63, 3.8) is 0 Å². The van der Waals surface area contributed by atoms with Crippen molar-refractivity contribution in [2.75, 3.05) is 6.61 Å². The molecular formula is C14H23NO8. The van der Waals surface area contributed by atoms with Crippen LogP contribution in [-0.2, 0) is 14.3 Å². The Bertz CT molecular complexity index is 464. The number of carbonyl (C=O) groups excluding carboxylic acids is 1. The second-order valence-electron chi connectivity index (χ2n) is 5.84. The Balaban J connectivity index is 3.00. The first kappa shape index (κ1) is 19.4. The van der Waals surface area contributed by atoms with E-state index in [1.807, 2.05) is 13.8 Å². The third kappa shape index (κ3) is 5.17. The number of carboxylic acids is 1. The van der Waals surface area contributed by atoms with Crippen LogP contribution < -0.4 is 5.32 Å². The number of carbonyl (C=O) groups is 2.